The van der Waals surface area contributed by atoms with Gasteiger partial charge in [0.1, 0.15) is 5.82 Å². The molecular weight excluding hydrogens is 448 g/mol. The summed E-state index contributed by atoms with van der Waals surface area (Å²) in [5.74, 6) is 0.998. The molecule has 1 aliphatic heterocycles. The highest BCUT2D eigenvalue weighted by atomic mass is 19.4. The normalized spacial score (nSPS) is 27.8. The first-order chi connectivity index (χ1) is 16.3. The number of piperazine rings is 1. The van der Waals surface area contributed by atoms with Crippen LogP contribution in [0.25, 0.3) is 0 Å². The fourth-order valence-corrected chi connectivity index (χ4v) is 5.69. The number of fused-ring (bicyclic) bond motifs is 1. The summed E-state index contributed by atoms with van der Waals surface area (Å²) in [5.41, 5.74) is -1.39. The first kappa shape index (κ1) is 23.9. The zero-order chi connectivity index (χ0) is 23.9. The number of carbonyl (C=O) groups is 1. The van der Waals surface area contributed by atoms with E-state index in [9.17, 15) is 22.4 Å². The lowest BCUT2D eigenvalue weighted by Gasteiger charge is -2.38. The SMILES string of the molecule is O=C(Nc1ccc(F)c(C(F)(F)F)c1)N(CCN1CCN(CC2CC2)CC1)C1CCC2CC2C1. The fraction of sp³-hybridized carbons (Fsp3) is 0.720. The number of benzene rings is 1. The smallest absolute Gasteiger partial charge is 0.320 e. The number of nitrogens with one attached hydrogen (secondary N) is 1. The standard InChI is InChI=1S/C25H34F4N4O/c26-23-6-4-20(15-22(23)25(27,28)29)30-24(34)33(21-5-3-18-13-19(18)14-21)12-11-31-7-9-32(10-8-31)16-17-1-2-17/h4,6,15,17-19,21H,1-3,5,7-14,16H2,(H,30,34). The maximum absolute atomic E-state index is 13.7. The molecule has 5 rings (SSSR count). The molecular formula is C25H34F4N4O. The van der Waals surface area contributed by atoms with Gasteiger partial charge in [-0.3, -0.25) is 4.90 Å². The minimum Gasteiger partial charge on any atom is -0.320 e. The average molecular weight is 483 g/mol. The molecule has 34 heavy (non-hydrogen) atoms. The minimum atomic E-state index is -4.81. The molecule has 1 aromatic rings. The van der Waals surface area contributed by atoms with Crippen LogP contribution in [-0.2, 0) is 6.18 Å². The topological polar surface area (TPSA) is 38.8 Å². The molecule has 1 aromatic carbocycles. The Morgan fingerprint density at radius 1 is 1.00 bits per heavy atom. The van der Waals surface area contributed by atoms with Gasteiger partial charge in [0.05, 0.1) is 5.56 Å². The van der Waals surface area contributed by atoms with E-state index in [4.69, 9.17) is 0 Å². The number of nitrogens with zero attached hydrogens (tertiary/aromatic N) is 3. The third kappa shape index (κ3) is 5.85. The lowest BCUT2D eigenvalue weighted by atomic mass is 9.94. The number of alkyl halides is 3. The van der Waals surface area contributed by atoms with E-state index < -0.39 is 23.6 Å². The van der Waals surface area contributed by atoms with Crippen LogP contribution in [0.4, 0.5) is 28.0 Å². The molecule has 188 valence electrons. The molecule has 3 unspecified atom stereocenters. The van der Waals surface area contributed by atoms with E-state index in [0.29, 0.717) is 18.5 Å². The Morgan fingerprint density at radius 3 is 2.41 bits per heavy atom. The predicted molar refractivity (Wildman–Crippen MR) is 122 cm³/mol. The third-order valence-corrected chi connectivity index (χ3v) is 8.07. The quantitative estimate of drug-likeness (QED) is 0.563. The van der Waals surface area contributed by atoms with Crippen LogP contribution in [0.15, 0.2) is 18.2 Å². The van der Waals surface area contributed by atoms with Gasteiger partial charge in [0.25, 0.3) is 0 Å². The first-order valence-corrected chi connectivity index (χ1v) is 12.7. The molecule has 0 radical (unpaired) electrons. The summed E-state index contributed by atoms with van der Waals surface area (Å²) in [6.07, 6.45) is 2.12. The Bertz CT molecular complexity index is 882. The molecule has 3 aliphatic carbocycles. The van der Waals surface area contributed by atoms with Crippen molar-refractivity contribution >= 4 is 11.7 Å². The Hall–Kier alpha value is -1.87. The average Bonchev–Trinajstić information content (AvgIpc) is 3.71. The van der Waals surface area contributed by atoms with E-state index >= 15 is 0 Å². The fourth-order valence-electron chi connectivity index (χ4n) is 5.69. The highest BCUT2D eigenvalue weighted by molar-refractivity contribution is 5.89. The summed E-state index contributed by atoms with van der Waals surface area (Å²) in [6, 6.07) is 2.35. The van der Waals surface area contributed by atoms with E-state index in [-0.39, 0.29) is 11.7 Å². The third-order valence-electron chi connectivity index (χ3n) is 8.07. The zero-order valence-electron chi connectivity index (χ0n) is 19.5. The van der Waals surface area contributed by atoms with E-state index in [0.717, 1.165) is 69.9 Å². The summed E-state index contributed by atoms with van der Waals surface area (Å²) in [4.78, 5) is 20.0. The van der Waals surface area contributed by atoms with Crippen molar-refractivity contribution < 1.29 is 22.4 Å². The molecule has 2 amide bonds. The molecule has 1 heterocycles. The van der Waals surface area contributed by atoms with Crippen molar-refractivity contribution in [2.75, 3.05) is 51.1 Å². The number of anilines is 1. The van der Waals surface area contributed by atoms with Crippen LogP contribution in [-0.4, -0.2) is 72.6 Å². The second-order valence-electron chi connectivity index (χ2n) is 10.6. The van der Waals surface area contributed by atoms with Crippen molar-refractivity contribution in [1.29, 1.82) is 0 Å². The predicted octanol–water partition coefficient (Wildman–Crippen LogP) is 4.89. The number of rotatable bonds is 7. The Kier molecular flexibility index (Phi) is 6.77. The van der Waals surface area contributed by atoms with Gasteiger partial charge in [-0.2, -0.15) is 13.2 Å². The molecule has 5 nitrogen and oxygen atoms in total. The molecule has 0 bridgehead atoms. The van der Waals surface area contributed by atoms with Gasteiger partial charge in [-0.05, 0) is 74.5 Å². The van der Waals surface area contributed by atoms with E-state index in [1.807, 2.05) is 4.90 Å². The van der Waals surface area contributed by atoms with Gasteiger partial charge in [-0.25, -0.2) is 9.18 Å². The van der Waals surface area contributed by atoms with E-state index in [2.05, 4.69) is 15.1 Å². The summed E-state index contributed by atoms with van der Waals surface area (Å²) >= 11 is 0. The number of hydrogen-bond acceptors (Lipinski definition) is 3. The largest absolute Gasteiger partial charge is 0.419 e. The van der Waals surface area contributed by atoms with E-state index in [1.165, 1.54) is 31.9 Å². The summed E-state index contributed by atoms with van der Waals surface area (Å²) in [7, 11) is 0. The van der Waals surface area contributed by atoms with E-state index in [1.54, 1.807) is 0 Å². The lowest BCUT2D eigenvalue weighted by molar-refractivity contribution is -0.139. The van der Waals surface area contributed by atoms with Gasteiger partial charge in [-0.1, -0.05) is 0 Å². The van der Waals surface area contributed by atoms with Gasteiger partial charge in [0.2, 0.25) is 0 Å². The highest BCUT2D eigenvalue weighted by Crippen LogP contribution is 2.50. The molecule has 0 aromatic heterocycles. The van der Waals surface area contributed by atoms with Crippen molar-refractivity contribution in [3.8, 4) is 0 Å². The van der Waals surface area contributed by atoms with Crippen molar-refractivity contribution in [2.45, 2.75) is 50.7 Å². The van der Waals surface area contributed by atoms with Gasteiger partial charge in [-0.15, -0.1) is 0 Å². The van der Waals surface area contributed by atoms with Crippen molar-refractivity contribution in [3.05, 3.63) is 29.6 Å². The van der Waals surface area contributed by atoms with Crippen molar-refractivity contribution in [3.63, 3.8) is 0 Å². The number of urea groups is 1. The Balaban J connectivity index is 1.21. The van der Waals surface area contributed by atoms with Crippen LogP contribution >= 0.6 is 0 Å². The number of carbonyl (C=O) groups excluding carboxylic acids is 1. The monoisotopic (exact) mass is 482 g/mol. The van der Waals surface area contributed by atoms with Crippen LogP contribution in [0.5, 0.6) is 0 Å². The molecule has 0 spiro atoms. The Labute approximate surface area is 198 Å². The Morgan fingerprint density at radius 2 is 1.74 bits per heavy atom. The number of hydrogen-bond donors (Lipinski definition) is 1. The summed E-state index contributed by atoms with van der Waals surface area (Å²) < 4.78 is 53.0. The van der Waals surface area contributed by atoms with Gasteiger partial charge in [0, 0.05) is 57.5 Å². The molecule has 3 atom stereocenters. The number of halogens is 4. The maximum atomic E-state index is 13.7. The van der Waals surface area contributed by atoms with Crippen molar-refractivity contribution in [2.24, 2.45) is 17.8 Å². The van der Waals surface area contributed by atoms with Gasteiger partial charge < -0.3 is 15.1 Å². The second-order valence-corrected chi connectivity index (χ2v) is 10.6. The number of amides is 2. The zero-order valence-corrected chi connectivity index (χ0v) is 19.5. The van der Waals surface area contributed by atoms with Crippen LogP contribution in [0.1, 0.15) is 44.1 Å². The lowest BCUT2D eigenvalue weighted by Crippen LogP contribution is -2.51. The second kappa shape index (κ2) is 9.64. The van der Waals surface area contributed by atoms with Crippen LogP contribution in [0.3, 0.4) is 0 Å². The molecule has 1 N–H and O–H groups in total. The molecule has 1 saturated heterocycles. The maximum Gasteiger partial charge on any atom is 0.419 e. The van der Waals surface area contributed by atoms with Crippen LogP contribution in [0.2, 0.25) is 0 Å². The molecule has 4 aliphatic rings. The highest BCUT2D eigenvalue weighted by Gasteiger charge is 2.44. The molecule has 9 heteroatoms. The van der Waals surface area contributed by atoms with Crippen molar-refractivity contribution in [1.82, 2.24) is 14.7 Å². The van der Waals surface area contributed by atoms with Crippen LogP contribution in [0, 0.1) is 23.6 Å². The summed E-state index contributed by atoms with van der Waals surface area (Å²) in [5, 5.41) is 2.62. The van der Waals surface area contributed by atoms with Crippen LogP contribution < -0.4 is 5.32 Å². The summed E-state index contributed by atoms with van der Waals surface area (Å²) in [6.45, 7) is 6.55. The molecule has 3 saturated carbocycles. The van der Waals surface area contributed by atoms with Gasteiger partial charge in [0.15, 0.2) is 0 Å². The first-order valence-electron chi connectivity index (χ1n) is 12.7. The minimum absolute atomic E-state index is 0.0301. The van der Waals surface area contributed by atoms with Gasteiger partial charge >= 0.3 is 12.2 Å². The molecule has 4 fully saturated rings.